The van der Waals surface area contributed by atoms with E-state index in [-0.39, 0.29) is 0 Å². The fourth-order valence-corrected chi connectivity index (χ4v) is 1.36. The van der Waals surface area contributed by atoms with Gasteiger partial charge in [-0.1, -0.05) is 0 Å². The molecule has 68 valence electrons. The average Bonchev–Trinajstić information content (AvgIpc) is 2.14. The van der Waals surface area contributed by atoms with E-state index < -0.39 is 0 Å². The van der Waals surface area contributed by atoms with Gasteiger partial charge in [-0.15, -0.1) is 0 Å². The van der Waals surface area contributed by atoms with Crippen LogP contribution >= 0.6 is 0 Å². The van der Waals surface area contributed by atoms with Crippen LogP contribution in [0.1, 0.15) is 19.3 Å². The fraction of sp³-hybridized carbons (Fsp3) is 0.889. The predicted octanol–water partition coefficient (Wildman–Crippen LogP) is 1.01. The Labute approximate surface area is 73.9 Å². The highest BCUT2D eigenvalue weighted by Crippen LogP contribution is 2.01. The standard InChI is InChI=1S/C9H16N2O/c10-4-2-1-3-5-11-6-8-12-9-7-11/h1-3,5-9H2. The number of rotatable bonds is 4. The number of morpholine rings is 1. The van der Waals surface area contributed by atoms with Crippen molar-refractivity contribution in [1.82, 2.24) is 4.90 Å². The normalized spacial score (nSPS) is 18.9. The van der Waals surface area contributed by atoms with Crippen LogP contribution in [0.3, 0.4) is 0 Å². The summed E-state index contributed by atoms with van der Waals surface area (Å²) in [6, 6.07) is 2.16. The third kappa shape index (κ3) is 3.70. The summed E-state index contributed by atoms with van der Waals surface area (Å²) in [5.41, 5.74) is 0. The van der Waals surface area contributed by atoms with Gasteiger partial charge >= 0.3 is 0 Å². The first-order valence-corrected chi connectivity index (χ1v) is 4.60. The molecule has 1 saturated heterocycles. The van der Waals surface area contributed by atoms with Crippen molar-refractivity contribution in [3.63, 3.8) is 0 Å². The van der Waals surface area contributed by atoms with E-state index >= 15 is 0 Å². The van der Waals surface area contributed by atoms with Gasteiger partial charge in [-0.25, -0.2) is 0 Å². The first-order valence-electron chi connectivity index (χ1n) is 4.60. The average molecular weight is 168 g/mol. The lowest BCUT2D eigenvalue weighted by Crippen LogP contribution is -2.36. The lowest BCUT2D eigenvalue weighted by Gasteiger charge is -2.26. The first-order chi connectivity index (χ1) is 5.93. The van der Waals surface area contributed by atoms with Crippen molar-refractivity contribution >= 4 is 0 Å². The van der Waals surface area contributed by atoms with Crippen LogP contribution in [0.15, 0.2) is 0 Å². The van der Waals surface area contributed by atoms with Crippen LogP contribution in [0.2, 0.25) is 0 Å². The van der Waals surface area contributed by atoms with E-state index in [9.17, 15) is 0 Å². The number of nitrogens with zero attached hydrogens (tertiary/aromatic N) is 2. The minimum Gasteiger partial charge on any atom is -0.379 e. The van der Waals surface area contributed by atoms with Gasteiger partial charge in [0.2, 0.25) is 0 Å². The molecule has 0 aliphatic carbocycles. The SMILES string of the molecule is N#CCCCCN1CCOCC1. The van der Waals surface area contributed by atoms with Crippen LogP contribution in [0.5, 0.6) is 0 Å². The second-order valence-corrected chi connectivity index (χ2v) is 3.07. The Morgan fingerprint density at radius 3 is 2.67 bits per heavy atom. The molecule has 0 N–H and O–H groups in total. The van der Waals surface area contributed by atoms with E-state index in [4.69, 9.17) is 10.00 Å². The summed E-state index contributed by atoms with van der Waals surface area (Å²) in [5.74, 6) is 0. The molecule has 0 spiro atoms. The molecule has 0 aromatic rings. The molecule has 0 bridgehead atoms. The molecule has 0 aromatic carbocycles. The number of hydrogen-bond acceptors (Lipinski definition) is 3. The first kappa shape index (κ1) is 9.50. The van der Waals surface area contributed by atoms with Crippen molar-refractivity contribution in [3.05, 3.63) is 0 Å². The molecule has 0 atom stereocenters. The van der Waals surface area contributed by atoms with Crippen LogP contribution in [-0.2, 0) is 4.74 Å². The van der Waals surface area contributed by atoms with Gasteiger partial charge < -0.3 is 4.74 Å². The van der Waals surface area contributed by atoms with E-state index in [1.165, 1.54) is 0 Å². The minimum atomic E-state index is 0.699. The van der Waals surface area contributed by atoms with E-state index in [1.807, 2.05) is 0 Å². The van der Waals surface area contributed by atoms with Crippen LogP contribution in [0.4, 0.5) is 0 Å². The maximum atomic E-state index is 8.32. The molecule has 3 heteroatoms. The number of nitriles is 1. The van der Waals surface area contributed by atoms with E-state index in [1.54, 1.807) is 0 Å². The minimum absolute atomic E-state index is 0.699. The third-order valence-electron chi connectivity index (χ3n) is 2.12. The summed E-state index contributed by atoms with van der Waals surface area (Å²) in [6.07, 6.45) is 2.88. The Bertz CT molecular complexity index is 147. The van der Waals surface area contributed by atoms with Crippen molar-refractivity contribution in [2.75, 3.05) is 32.8 Å². The van der Waals surface area contributed by atoms with Crippen molar-refractivity contribution < 1.29 is 4.74 Å². The molecule has 0 unspecified atom stereocenters. The van der Waals surface area contributed by atoms with Crippen LogP contribution < -0.4 is 0 Å². The molecular weight excluding hydrogens is 152 g/mol. The Kier molecular flexibility index (Phi) is 4.74. The summed E-state index contributed by atoms with van der Waals surface area (Å²) in [7, 11) is 0. The number of unbranched alkanes of at least 4 members (excludes halogenated alkanes) is 2. The topological polar surface area (TPSA) is 36.3 Å². The predicted molar refractivity (Wildman–Crippen MR) is 46.7 cm³/mol. The molecule has 0 saturated carbocycles. The molecule has 1 heterocycles. The molecule has 0 amide bonds. The quantitative estimate of drug-likeness (QED) is 0.588. The second-order valence-electron chi connectivity index (χ2n) is 3.07. The van der Waals surface area contributed by atoms with Crippen molar-refractivity contribution in [1.29, 1.82) is 5.26 Å². The van der Waals surface area contributed by atoms with E-state index in [0.29, 0.717) is 6.42 Å². The molecule has 1 aliphatic heterocycles. The summed E-state index contributed by atoms with van der Waals surface area (Å²) in [6.45, 7) is 5.00. The van der Waals surface area contributed by atoms with Gasteiger partial charge in [0, 0.05) is 19.5 Å². The smallest absolute Gasteiger partial charge is 0.0621 e. The third-order valence-corrected chi connectivity index (χ3v) is 2.12. The zero-order chi connectivity index (χ0) is 8.65. The lowest BCUT2D eigenvalue weighted by atomic mass is 10.2. The van der Waals surface area contributed by atoms with Gasteiger partial charge in [-0.2, -0.15) is 5.26 Å². The zero-order valence-corrected chi connectivity index (χ0v) is 7.46. The highest BCUT2D eigenvalue weighted by molar-refractivity contribution is 4.69. The lowest BCUT2D eigenvalue weighted by molar-refractivity contribution is 0.0372. The van der Waals surface area contributed by atoms with Gasteiger partial charge in [0.1, 0.15) is 0 Å². The summed E-state index contributed by atoms with van der Waals surface area (Å²) in [5, 5.41) is 8.32. The van der Waals surface area contributed by atoms with E-state index in [0.717, 1.165) is 45.7 Å². The van der Waals surface area contributed by atoms with Crippen molar-refractivity contribution in [3.8, 4) is 6.07 Å². The molecule has 3 nitrogen and oxygen atoms in total. The molecule has 1 rings (SSSR count). The summed E-state index contributed by atoms with van der Waals surface area (Å²) in [4.78, 5) is 2.40. The van der Waals surface area contributed by atoms with Gasteiger partial charge in [-0.05, 0) is 19.4 Å². The monoisotopic (exact) mass is 168 g/mol. The molecule has 1 fully saturated rings. The maximum Gasteiger partial charge on any atom is 0.0621 e. The van der Waals surface area contributed by atoms with Gasteiger partial charge in [0.15, 0.2) is 0 Å². The number of ether oxygens (including phenoxy) is 1. The maximum absolute atomic E-state index is 8.32. The molecule has 0 radical (unpaired) electrons. The Hall–Kier alpha value is -0.590. The van der Waals surface area contributed by atoms with Gasteiger partial charge in [0.05, 0.1) is 19.3 Å². The Balaban J connectivity index is 1.95. The zero-order valence-electron chi connectivity index (χ0n) is 7.46. The molecule has 1 aliphatic rings. The Morgan fingerprint density at radius 2 is 2.00 bits per heavy atom. The fourth-order valence-electron chi connectivity index (χ4n) is 1.36. The summed E-state index contributed by atoms with van der Waals surface area (Å²) < 4.78 is 5.23. The highest BCUT2D eigenvalue weighted by Gasteiger charge is 2.08. The van der Waals surface area contributed by atoms with Crippen molar-refractivity contribution in [2.45, 2.75) is 19.3 Å². The summed E-state index contributed by atoms with van der Waals surface area (Å²) >= 11 is 0. The largest absolute Gasteiger partial charge is 0.379 e. The molecule has 0 aromatic heterocycles. The van der Waals surface area contributed by atoms with Crippen molar-refractivity contribution in [2.24, 2.45) is 0 Å². The van der Waals surface area contributed by atoms with Crippen LogP contribution in [0, 0.1) is 11.3 Å². The van der Waals surface area contributed by atoms with E-state index in [2.05, 4.69) is 11.0 Å². The van der Waals surface area contributed by atoms with Crippen LogP contribution in [-0.4, -0.2) is 37.7 Å². The Morgan fingerprint density at radius 1 is 1.25 bits per heavy atom. The van der Waals surface area contributed by atoms with Gasteiger partial charge in [-0.3, -0.25) is 4.90 Å². The number of hydrogen-bond donors (Lipinski definition) is 0. The second kappa shape index (κ2) is 5.99. The van der Waals surface area contributed by atoms with Crippen LogP contribution in [0.25, 0.3) is 0 Å². The highest BCUT2D eigenvalue weighted by atomic mass is 16.5. The molecular formula is C9H16N2O. The molecule has 12 heavy (non-hydrogen) atoms. The van der Waals surface area contributed by atoms with Gasteiger partial charge in [0.25, 0.3) is 0 Å².